The Balaban J connectivity index is 2.36. The molecule has 0 N–H and O–H groups in total. The highest BCUT2D eigenvalue weighted by Gasteiger charge is 2.18. The van der Waals surface area contributed by atoms with Crippen LogP contribution in [0.15, 0.2) is 29.6 Å². The lowest BCUT2D eigenvalue weighted by Gasteiger charge is -2.10. The van der Waals surface area contributed by atoms with Crippen molar-refractivity contribution in [3.63, 3.8) is 0 Å². The quantitative estimate of drug-likeness (QED) is 0.788. The number of methoxy groups -OCH3 is 1. The van der Waals surface area contributed by atoms with Gasteiger partial charge in [-0.05, 0) is 49.4 Å². The van der Waals surface area contributed by atoms with Crippen LogP contribution in [0.1, 0.15) is 29.1 Å². The summed E-state index contributed by atoms with van der Waals surface area (Å²) in [6.45, 7) is 5.98. The van der Waals surface area contributed by atoms with E-state index in [2.05, 4.69) is 0 Å². The zero-order valence-electron chi connectivity index (χ0n) is 12.1. The van der Waals surface area contributed by atoms with Gasteiger partial charge in [0.1, 0.15) is 10.6 Å². The van der Waals surface area contributed by atoms with Crippen LogP contribution in [0.4, 0.5) is 0 Å². The number of rotatable bonds is 4. The van der Waals surface area contributed by atoms with Crippen molar-refractivity contribution in [1.82, 2.24) is 0 Å². The van der Waals surface area contributed by atoms with Crippen LogP contribution < -0.4 is 4.74 Å². The Morgan fingerprint density at radius 3 is 2.40 bits per heavy atom. The number of esters is 1. The molecule has 0 amide bonds. The Morgan fingerprint density at radius 1 is 1.20 bits per heavy atom. The summed E-state index contributed by atoms with van der Waals surface area (Å²) in [4.78, 5) is 12.4. The number of hydrogen-bond acceptors (Lipinski definition) is 4. The van der Waals surface area contributed by atoms with E-state index in [1.54, 1.807) is 0 Å². The second-order valence-corrected chi connectivity index (χ2v) is 5.69. The molecule has 0 atom stereocenters. The third-order valence-electron chi connectivity index (χ3n) is 2.86. The minimum atomic E-state index is -0.291. The number of aryl methyl sites for hydroxylation is 1. The molecule has 0 spiro atoms. The zero-order chi connectivity index (χ0) is 14.7. The van der Waals surface area contributed by atoms with Crippen molar-refractivity contribution in [2.24, 2.45) is 0 Å². The van der Waals surface area contributed by atoms with Gasteiger partial charge in [-0.15, -0.1) is 11.3 Å². The van der Waals surface area contributed by atoms with E-state index in [1.807, 2.05) is 50.4 Å². The number of thiophene rings is 1. The third kappa shape index (κ3) is 3.02. The van der Waals surface area contributed by atoms with Gasteiger partial charge >= 0.3 is 5.97 Å². The second-order valence-electron chi connectivity index (χ2n) is 4.81. The molecule has 0 unspecified atom stereocenters. The Morgan fingerprint density at radius 2 is 1.85 bits per heavy atom. The first-order chi connectivity index (χ1) is 9.52. The van der Waals surface area contributed by atoms with Gasteiger partial charge in [-0.25, -0.2) is 4.79 Å². The molecule has 0 aliphatic rings. The first-order valence-electron chi connectivity index (χ1n) is 6.46. The van der Waals surface area contributed by atoms with Gasteiger partial charge in [0, 0.05) is 5.56 Å². The van der Waals surface area contributed by atoms with Crippen LogP contribution in [-0.4, -0.2) is 19.2 Å². The van der Waals surface area contributed by atoms with Crippen molar-refractivity contribution in [1.29, 1.82) is 0 Å². The molecule has 2 rings (SSSR count). The Labute approximate surface area is 123 Å². The van der Waals surface area contributed by atoms with E-state index in [1.165, 1.54) is 18.4 Å². The van der Waals surface area contributed by atoms with Crippen LogP contribution in [0, 0.1) is 6.92 Å². The van der Waals surface area contributed by atoms with Crippen molar-refractivity contribution in [2.45, 2.75) is 26.9 Å². The summed E-state index contributed by atoms with van der Waals surface area (Å²) in [5.41, 5.74) is 3.02. The highest BCUT2D eigenvalue weighted by Crippen LogP contribution is 2.33. The van der Waals surface area contributed by atoms with E-state index < -0.39 is 0 Å². The second kappa shape index (κ2) is 6.09. The molecule has 3 nitrogen and oxygen atoms in total. The molecule has 1 heterocycles. The molecule has 0 bridgehead atoms. The lowest BCUT2D eigenvalue weighted by molar-refractivity contribution is 0.0607. The van der Waals surface area contributed by atoms with Crippen molar-refractivity contribution >= 4 is 17.3 Å². The van der Waals surface area contributed by atoms with Gasteiger partial charge in [-0.2, -0.15) is 0 Å². The van der Waals surface area contributed by atoms with E-state index in [0.29, 0.717) is 4.88 Å². The molecular weight excluding hydrogens is 272 g/mol. The standard InChI is InChI=1S/C16H18O3S/c1-10(2)19-13-7-5-12(6-8-13)14-11(3)9-20-15(14)16(17)18-4/h5-10H,1-4H3. The lowest BCUT2D eigenvalue weighted by Crippen LogP contribution is -2.05. The molecule has 2 aromatic rings. The molecule has 1 aromatic carbocycles. The number of carbonyl (C=O) groups is 1. The van der Waals surface area contributed by atoms with E-state index in [9.17, 15) is 4.79 Å². The summed E-state index contributed by atoms with van der Waals surface area (Å²) in [5.74, 6) is 0.539. The lowest BCUT2D eigenvalue weighted by atomic mass is 10.0. The average Bonchev–Trinajstić information content (AvgIpc) is 2.80. The van der Waals surface area contributed by atoms with Crippen LogP contribution in [0.25, 0.3) is 11.1 Å². The molecule has 0 aliphatic heterocycles. The summed E-state index contributed by atoms with van der Waals surface area (Å²) >= 11 is 1.41. The van der Waals surface area contributed by atoms with Crippen LogP contribution in [0.2, 0.25) is 0 Å². The van der Waals surface area contributed by atoms with Gasteiger partial charge in [0.05, 0.1) is 13.2 Å². The van der Waals surface area contributed by atoms with Crippen LogP contribution in [0.3, 0.4) is 0 Å². The Bertz CT molecular complexity index is 597. The molecule has 1 aromatic heterocycles. The summed E-state index contributed by atoms with van der Waals surface area (Å²) in [6.07, 6.45) is 0.148. The normalized spacial score (nSPS) is 10.7. The number of carbonyl (C=O) groups excluding carboxylic acids is 1. The molecule has 0 saturated carbocycles. The van der Waals surface area contributed by atoms with Gasteiger partial charge in [0.2, 0.25) is 0 Å². The molecule has 106 valence electrons. The minimum Gasteiger partial charge on any atom is -0.491 e. The predicted molar refractivity (Wildman–Crippen MR) is 81.6 cm³/mol. The average molecular weight is 290 g/mol. The van der Waals surface area contributed by atoms with Gasteiger partial charge in [-0.3, -0.25) is 0 Å². The van der Waals surface area contributed by atoms with Crippen molar-refractivity contribution in [3.05, 3.63) is 40.1 Å². The zero-order valence-corrected chi connectivity index (χ0v) is 12.9. The highest BCUT2D eigenvalue weighted by molar-refractivity contribution is 7.12. The Kier molecular flexibility index (Phi) is 4.45. The summed E-state index contributed by atoms with van der Waals surface area (Å²) in [6, 6.07) is 7.79. The van der Waals surface area contributed by atoms with Crippen LogP contribution in [0.5, 0.6) is 5.75 Å². The summed E-state index contributed by atoms with van der Waals surface area (Å²) < 4.78 is 10.5. The maximum absolute atomic E-state index is 11.8. The van der Waals surface area contributed by atoms with Crippen molar-refractivity contribution in [3.8, 4) is 16.9 Å². The van der Waals surface area contributed by atoms with Crippen LogP contribution >= 0.6 is 11.3 Å². The van der Waals surface area contributed by atoms with Crippen LogP contribution in [-0.2, 0) is 4.74 Å². The molecular formula is C16H18O3S. The largest absolute Gasteiger partial charge is 0.491 e. The Hall–Kier alpha value is -1.81. The van der Waals surface area contributed by atoms with Crippen molar-refractivity contribution in [2.75, 3.05) is 7.11 Å². The molecule has 0 fully saturated rings. The molecule has 0 radical (unpaired) electrons. The van der Waals surface area contributed by atoms with Crippen molar-refractivity contribution < 1.29 is 14.3 Å². The summed E-state index contributed by atoms with van der Waals surface area (Å²) in [7, 11) is 1.40. The maximum atomic E-state index is 11.8. The fraction of sp³-hybridized carbons (Fsp3) is 0.312. The number of benzene rings is 1. The van der Waals surface area contributed by atoms with E-state index in [-0.39, 0.29) is 12.1 Å². The number of ether oxygens (including phenoxy) is 2. The molecule has 4 heteroatoms. The first kappa shape index (κ1) is 14.6. The third-order valence-corrected chi connectivity index (χ3v) is 3.94. The van der Waals surface area contributed by atoms with E-state index in [0.717, 1.165) is 22.4 Å². The van der Waals surface area contributed by atoms with Gasteiger partial charge in [0.25, 0.3) is 0 Å². The van der Waals surface area contributed by atoms with E-state index >= 15 is 0 Å². The predicted octanol–water partition coefficient (Wildman–Crippen LogP) is 4.30. The maximum Gasteiger partial charge on any atom is 0.348 e. The monoisotopic (exact) mass is 290 g/mol. The molecule has 0 aliphatic carbocycles. The van der Waals surface area contributed by atoms with Gasteiger partial charge < -0.3 is 9.47 Å². The van der Waals surface area contributed by atoms with Gasteiger partial charge in [-0.1, -0.05) is 12.1 Å². The fourth-order valence-corrected chi connectivity index (χ4v) is 3.01. The number of hydrogen-bond donors (Lipinski definition) is 0. The fourth-order valence-electron chi connectivity index (χ4n) is 2.02. The first-order valence-corrected chi connectivity index (χ1v) is 7.34. The highest BCUT2D eigenvalue weighted by atomic mass is 32.1. The van der Waals surface area contributed by atoms with Gasteiger partial charge in [0.15, 0.2) is 0 Å². The summed E-state index contributed by atoms with van der Waals surface area (Å²) in [5, 5.41) is 1.97. The SMILES string of the molecule is COC(=O)c1scc(C)c1-c1ccc(OC(C)C)cc1. The minimum absolute atomic E-state index is 0.148. The van der Waals surface area contributed by atoms with E-state index in [4.69, 9.17) is 9.47 Å². The topological polar surface area (TPSA) is 35.5 Å². The smallest absolute Gasteiger partial charge is 0.348 e. The molecule has 20 heavy (non-hydrogen) atoms. The molecule has 0 saturated heterocycles.